The van der Waals surface area contributed by atoms with E-state index in [2.05, 4.69) is 5.32 Å². The van der Waals surface area contributed by atoms with Crippen LogP contribution in [0.25, 0.3) is 0 Å². The second kappa shape index (κ2) is 5.66. The highest BCUT2D eigenvalue weighted by Gasteiger charge is 2.15. The third-order valence-corrected chi connectivity index (χ3v) is 2.79. The maximum atomic E-state index is 10.1. The molecule has 2 aromatic rings. The molecule has 0 bridgehead atoms. The molecule has 0 radical (unpaired) electrons. The maximum absolute atomic E-state index is 10.1. The van der Waals surface area contributed by atoms with E-state index in [0.29, 0.717) is 6.54 Å². The van der Waals surface area contributed by atoms with Crippen molar-refractivity contribution in [1.29, 1.82) is 0 Å². The molecule has 0 spiro atoms. The Balaban J connectivity index is 1.89. The second-order valence-corrected chi connectivity index (χ2v) is 4.10. The van der Waals surface area contributed by atoms with Crippen LogP contribution in [0.5, 0.6) is 0 Å². The van der Waals surface area contributed by atoms with Crippen molar-refractivity contribution in [2.75, 3.05) is 0 Å². The van der Waals surface area contributed by atoms with Crippen LogP contribution >= 0.6 is 0 Å². The normalized spacial score (nSPS) is 14.5. The van der Waals surface area contributed by atoms with E-state index in [9.17, 15) is 5.11 Å². The van der Waals surface area contributed by atoms with Crippen LogP contribution in [0, 0.1) is 0 Å². The van der Waals surface area contributed by atoms with Gasteiger partial charge in [0.15, 0.2) is 0 Å². The largest absolute Gasteiger partial charge is 0.468 e. The van der Waals surface area contributed by atoms with Gasteiger partial charge in [-0.3, -0.25) is 0 Å². The first-order valence-electron chi connectivity index (χ1n) is 5.76. The zero-order valence-electron chi connectivity index (χ0n) is 9.84. The minimum absolute atomic E-state index is 0.0255. The molecule has 2 atom stereocenters. The molecule has 90 valence electrons. The molecule has 0 saturated heterocycles. The number of nitrogens with one attached hydrogen (secondary N) is 1. The molecular formula is C14H17NO2. The average Bonchev–Trinajstić information content (AvgIpc) is 2.89. The summed E-state index contributed by atoms with van der Waals surface area (Å²) in [5, 5.41) is 13.4. The SMILES string of the molecule is C[C@@H](NCc1ccco1)[C@@H](O)c1ccccc1. The van der Waals surface area contributed by atoms with Gasteiger partial charge in [-0.25, -0.2) is 0 Å². The molecule has 2 N–H and O–H groups in total. The number of aliphatic hydroxyl groups is 1. The van der Waals surface area contributed by atoms with Gasteiger partial charge in [0.25, 0.3) is 0 Å². The van der Waals surface area contributed by atoms with Crippen molar-refractivity contribution in [2.45, 2.75) is 25.6 Å². The molecule has 17 heavy (non-hydrogen) atoms. The Morgan fingerprint density at radius 3 is 2.59 bits per heavy atom. The summed E-state index contributed by atoms with van der Waals surface area (Å²) in [7, 11) is 0. The van der Waals surface area contributed by atoms with E-state index in [0.717, 1.165) is 11.3 Å². The zero-order valence-corrected chi connectivity index (χ0v) is 9.84. The Labute approximate surface area is 101 Å². The van der Waals surface area contributed by atoms with Gasteiger partial charge in [0.05, 0.1) is 18.9 Å². The van der Waals surface area contributed by atoms with E-state index >= 15 is 0 Å². The summed E-state index contributed by atoms with van der Waals surface area (Å²) in [5.74, 6) is 0.872. The molecule has 2 rings (SSSR count). The Morgan fingerprint density at radius 2 is 1.94 bits per heavy atom. The highest BCUT2D eigenvalue weighted by Crippen LogP contribution is 2.16. The molecule has 1 aromatic heterocycles. The molecule has 0 aliphatic heterocycles. The van der Waals surface area contributed by atoms with Crippen LogP contribution in [0.2, 0.25) is 0 Å². The highest BCUT2D eigenvalue weighted by molar-refractivity contribution is 5.18. The van der Waals surface area contributed by atoms with Gasteiger partial charge in [0.2, 0.25) is 0 Å². The molecule has 0 fully saturated rings. The lowest BCUT2D eigenvalue weighted by Crippen LogP contribution is -2.31. The smallest absolute Gasteiger partial charge is 0.117 e. The van der Waals surface area contributed by atoms with Crippen molar-refractivity contribution in [3.63, 3.8) is 0 Å². The van der Waals surface area contributed by atoms with Crippen LogP contribution in [-0.4, -0.2) is 11.1 Å². The van der Waals surface area contributed by atoms with Gasteiger partial charge in [-0.15, -0.1) is 0 Å². The minimum atomic E-state index is -0.508. The van der Waals surface area contributed by atoms with Crippen LogP contribution in [-0.2, 0) is 6.54 Å². The van der Waals surface area contributed by atoms with Crippen molar-refractivity contribution in [3.05, 3.63) is 60.1 Å². The molecular weight excluding hydrogens is 214 g/mol. The van der Waals surface area contributed by atoms with Gasteiger partial charge in [0.1, 0.15) is 5.76 Å². The highest BCUT2D eigenvalue weighted by atomic mass is 16.3. The number of aliphatic hydroxyl groups excluding tert-OH is 1. The lowest BCUT2D eigenvalue weighted by atomic mass is 10.0. The summed E-state index contributed by atoms with van der Waals surface area (Å²) < 4.78 is 5.23. The van der Waals surface area contributed by atoms with Crippen LogP contribution in [0.4, 0.5) is 0 Å². The van der Waals surface area contributed by atoms with Crippen molar-refractivity contribution in [2.24, 2.45) is 0 Å². The Kier molecular flexibility index (Phi) is 3.96. The minimum Gasteiger partial charge on any atom is -0.468 e. The van der Waals surface area contributed by atoms with Gasteiger partial charge in [-0.2, -0.15) is 0 Å². The van der Waals surface area contributed by atoms with E-state index < -0.39 is 6.10 Å². The van der Waals surface area contributed by atoms with Crippen LogP contribution in [0.3, 0.4) is 0 Å². The van der Waals surface area contributed by atoms with Crippen LogP contribution < -0.4 is 5.32 Å². The molecule has 0 saturated carbocycles. The van der Waals surface area contributed by atoms with Crippen LogP contribution in [0.15, 0.2) is 53.1 Å². The van der Waals surface area contributed by atoms with E-state index in [1.807, 2.05) is 49.4 Å². The maximum Gasteiger partial charge on any atom is 0.117 e. The molecule has 3 nitrogen and oxygen atoms in total. The third-order valence-electron chi connectivity index (χ3n) is 2.79. The number of benzene rings is 1. The lowest BCUT2D eigenvalue weighted by molar-refractivity contribution is 0.134. The topological polar surface area (TPSA) is 45.4 Å². The predicted molar refractivity (Wildman–Crippen MR) is 66.4 cm³/mol. The molecule has 0 amide bonds. The quantitative estimate of drug-likeness (QED) is 0.831. The zero-order chi connectivity index (χ0) is 12.1. The number of furan rings is 1. The number of hydrogen-bond donors (Lipinski definition) is 2. The van der Waals surface area contributed by atoms with E-state index in [-0.39, 0.29) is 6.04 Å². The molecule has 1 heterocycles. The number of hydrogen-bond acceptors (Lipinski definition) is 3. The molecule has 0 unspecified atom stereocenters. The Morgan fingerprint density at radius 1 is 1.18 bits per heavy atom. The van der Waals surface area contributed by atoms with Crippen LogP contribution in [0.1, 0.15) is 24.4 Å². The predicted octanol–water partition coefficient (Wildman–Crippen LogP) is 2.49. The van der Waals surface area contributed by atoms with Crippen molar-refractivity contribution in [1.82, 2.24) is 5.32 Å². The lowest BCUT2D eigenvalue weighted by Gasteiger charge is -2.20. The van der Waals surface area contributed by atoms with Crippen molar-refractivity contribution < 1.29 is 9.52 Å². The Bertz CT molecular complexity index is 425. The van der Waals surface area contributed by atoms with Crippen molar-refractivity contribution >= 4 is 0 Å². The van der Waals surface area contributed by atoms with E-state index in [1.54, 1.807) is 6.26 Å². The van der Waals surface area contributed by atoms with Gasteiger partial charge in [0, 0.05) is 6.04 Å². The third kappa shape index (κ3) is 3.19. The summed E-state index contributed by atoms with van der Waals surface area (Å²) in [6.07, 6.45) is 1.14. The summed E-state index contributed by atoms with van der Waals surface area (Å²) in [6.45, 7) is 2.58. The number of rotatable bonds is 5. The fourth-order valence-corrected chi connectivity index (χ4v) is 1.73. The fourth-order valence-electron chi connectivity index (χ4n) is 1.73. The summed E-state index contributed by atoms with van der Waals surface area (Å²) in [5.41, 5.74) is 0.923. The van der Waals surface area contributed by atoms with Gasteiger partial charge in [-0.05, 0) is 24.6 Å². The average molecular weight is 231 g/mol. The monoisotopic (exact) mass is 231 g/mol. The van der Waals surface area contributed by atoms with E-state index in [4.69, 9.17) is 4.42 Å². The summed E-state index contributed by atoms with van der Waals surface area (Å²) in [4.78, 5) is 0. The standard InChI is InChI=1S/C14H17NO2/c1-11(15-10-13-8-5-9-17-13)14(16)12-6-3-2-4-7-12/h2-9,11,14-16H,10H2,1H3/t11-,14-/m1/s1. The first-order valence-corrected chi connectivity index (χ1v) is 5.76. The second-order valence-electron chi connectivity index (χ2n) is 4.10. The summed E-state index contributed by atoms with van der Waals surface area (Å²) >= 11 is 0. The summed E-state index contributed by atoms with van der Waals surface area (Å²) in [6, 6.07) is 13.4. The Hall–Kier alpha value is -1.58. The van der Waals surface area contributed by atoms with Gasteiger partial charge >= 0.3 is 0 Å². The van der Waals surface area contributed by atoms with Gasteiger partial charge < -0.3 is 14.8 Å². The molecule has 1 aromatic carbocycles. The molecule has 0 aliphatic rings. The molecule has 0 aliphatic carbocycles. The fraction of sp³-hybridized carbons (Fsp3) is 0.286. The first kappa shape index (κ1) is 11.9. The van der Waals surface area contributed by atoms with Gasteiger partial charge in [-0.1, -0.05) is 30.3 Å². The van der Waals surface area contributed by atoms with Crippen molar-refractivity contribution in [3.8, 4) is 0 Å². The first-order chi connectivity index (χ1) is 8.27. The van der Waals surface area contributed by atoms with E-state index in [1.165, 1.54) is 0 Å². The molecule has 3 heteroatoms.